The average Bonchev–Trinajstić information content (AvgIpc) is 2.99. The number of carbonyl (C=O) groups is 3. The molecule has 1 aliphatic heterocycles. The molecule has 0 saturated carbocycles. The Kier molecular flexibility index (Phi) is 6.59. The van der Waals surface area contributed by atoms with Crippen molar-refractivity contribution in [1.82, 2.24) is 15.5 Å². The van der Waals surface area contributed by atoms with Crippen molar-refractivity contribution in [3.8, 4) is 0 Å². The first-order chi connectivity index (χ1) is 12.6. The Balaban J connectivity index is 2.12. The van der Waals surface area contributed by atoms with E-state index in [1.54, 1.807) is 0 Å². The molecule has 0 radical (unpaired) electrons. The minimum absolute atomic E-state index is 0.0778. The van der Waals surface area contributed by atoms with Crippen LogP contribution in [0.1, 0.15) is 39.7 Å². The third-order valence-corrected chi connectivity index (χ3v) is 4.63. The predicted octanol–water partition coefficient (Wildman–Crippen LogP) is 0.815. The molecule has 1 aliphatic rings. The molecule has 3 atom stereocenters. The van der Waals surface area contributed by atoms with E-state index in [1.807, 2.05) is 51.1 Å². The highest BCUT2D eigenvalue weighted by atomic mass is 16.3. The maximum Gasteiger partial charge on any atom is 0.246 e. The zero-order valence-corrected chi connectivity index (χ0v) is 16.4. The van der Waals surface area contributed by atoms with Gasteiger partial charge in [-0.05, 0) is 11.0 Å². The van der Waals surface area contributed by atoms with Gasteiger partial charge >= 0.3 is 0 Å². The van der Waals surface area contributed by atoms with Crippen molar-refractivity contribution in [3.63, 3.8) is 0 Å². The Labute approximate surface area is 160 Å². The maximum atomic E-state index is 13.1. The number of carbonyl (C=O) groups excluding carboxylic acids is 3. The zero-order chi connectivity index (χ0) is 20.2. The SMILES string of the molecule is CC(=O)N[C@@H](C(=O)N1C[C@H](O)C[C@H]1C(=O)NCc1ccccc1)C(C)(C)C. The molecule has 7 heteroatoms. The largest absolute Gasteiger partial charge is 0.391 e. The molecule has 0 aliphatic carbocycles. The number of benzene rings is 1. The Bertz CT molecular complexity index is 684. The van der Waals surface area contributed by atoms with Crippen LogP contribution in [0.2, 0.25) is 0 Å². The van der Waals surface area contributed by atoms with Crippen LogP contribution >= 0.6 is 0 Å². The fourth-order valence-electron chi connectivity index (χ4n) is 3.23. The van der Waals surface area contributed by atoms with Crippen molar-refractivity contribution in [1.29, 1.82) is 0 Å². The molecule has 0 aromatic heterocycles. The monoisotopic (exact) mass is 375 g/mol. The Morgan fingerprint density at radius 1 is 1.22 bits per heavy atom. The smallest absolute Gasteiger partial charge is 0.246 e. The number of amides is 3. The van der Waals surface area contributed by atoms with Gasteiger partial charge in [0.1, 0.15) is 12.1 Å². The second-order valence-electron chi connectivity index (χ2n) is 8.10. The van der Waals surface area contributed by atoms with E-state index in [4.69, 9.17) is 0 Å². The second-order valence-corrected chi connectivity index (χ2v) is 8.10. The molecule has 0 bridgehead atoms. The highest BCUT2D eigenvalue weighted by Crippen LogP contribution is 2.26. The molecule has 3 amide bonds. The van der Waals surface area contributed by atoms with Crippen LogP contribution in [0.5, 0.6) is 0 Å². The van der Waals surface area contributed by atoms with Gasteiger partial charge in [-0.15, -0.1) is 0 Å². The number of likely N-dealkylation sites (tertiary alicyclic amines) is 1. The van der Waals surface area contributed by atoms with Crippen LogP contribution in [-0.2, 0) is 20.9 Å². The second kappa shape index (κ2) is 8.52. The predicted molar refractivity (Wildman–Crippen MR) is 101 cm³/mol. The molecular formula is C20H29N3O4. The first kappa shape index (κ1) is 20.9. The molecule has 3 N–H and O–H groups in total. The molecule has 0 unspecified atom stereocenters. The van der Waals surface area contributed by atoms with Gasteiger partial charge in [-0.2, -0.15) is 0 Å². The van der Waals surface area contributed by atoms with Gasteiger partial charge in [0.25, 0.3) is 0 Å². The van der Waals surface area contributed by atoms with Gasteiger partial charge in [0.2, 0.25) is 17.7 Å². The van der Waals surface area contributed by atoms with Gasteiger partial charge in [0.05, 0.1) is 6.10 Å². The quantitative estimate of drug-likeness (QED) is 0.709. The maximum absolute atomic E-state index is 13.1. The topological polar surface area (TPSA) is 98.7 Å². The average molecular weight is 375 g/mol. The van der Waals surface area contributed by atoms with E-state index in [9.17, 15) is 19.5 Å². The van der Waals surface area contributed by atoms with Gasteiger partial charge in [-0.1, -0.05) is 51.1 Å². The number of aliphatic hydroxyl groups excluding tert-OH is 1. The van der Waals surface area contributed by atoms with Gasteiger partial charge in [-0.25, -0.2) is 0 Å². The summed E-state index contributed by atoms with van der Waals surface area (Å²) in [6, 6.07) is 7.95. The summed E-state index contributed by atoms with van der Waals surface area (Å²) in [5.74, 6) is -0.971. The number of rotatable bonds is 5. The van der Waals surface area contributed by atoms with Crippen molar-refractivity contribution in [3.05, 3.63) is 35.9 Å². The Morgan fingerprint density at radius 3 is 2.41 bits per heavy atom. The summed E-state index contributed by atoms with van der Waals surface area (Å²) in [6.45, 7) is 7.33. The number of hydrogen-bond donors (Lipinski definition) is 3. The summed E-state index contributed by atoms with van der Waals surface area (Å²) in [6.07, 6.45) is -0.581. The van der Waals surface area contributed by atoms with Gasteiger partial charge in [-0.3, -0.25) is 14.4 Å². The molecule has 1 fully saturated rings. The molecule has 7 nitrogen and oxygen atoms in total. The summed E-state index contributed by atoms with van der Waals surface area (Å²) in [5.41, 5.74) is 0.426. The van der Waals surface area contributed by atoms with Crippen LogP contribution in [0, 0.1) is 5.41 Å². The lowest BCUT2D eigenvalue weighted by Gasteiger charge is -2.35. The van der Waals surface area contributed by atoms with Crippen molar-refractivity contribution in [2.75, 3.05) is 6.54 Å². The van der Waals surface area contributed by atoms with Crippen LogP contribution in [0.3, 0.4) is 0 Å². The first-order valence-electron chi connectivity index (χ1n) is 9.17. The molecule has 2 rings (SSSR count). The molecule has 148 valence electrons. The normalized spacial score (nSPS) is 20.9. The minimum atomic E-state index is -0.773. The van der Waals surface area contributed by atoms with E-state index in [1.165, 1.54) is 11.8 Å². The van der Waals surface area contributed by atoms with E-state index >= 15 is 0 Å². The number of β-amino-alcohol motifs (C(OH)–C–C–N with tert-alkyl or cyclic N) is 1. The highest BCUT2D eigenvalue weighted by molar-refractivity contribution is 5.92. The van der Waals surface area contributed by atoms with E-state index < -0.39 is 23.6 Å². The summed E-state index contributed by atoms with van der Waals surface area (Å²) < 4.78 is 0. The molecule has 1 heterocycles. The van der Waals surface area contributed by atoms with E-state index in [0.29, 0.717) is 6.54 Å². The molecular weight excluding hydrogens is 346 g/mol. The first-order valence-corrected chi connectivity index (χ1v) is 9.17. The molecule has 1 saturated heterocycles. The number of nitrogens with one attached hydrogen (secondary N) is 2. The summed E-state index contributed by atoms with van der Waals surface area (Å²) in [5, 5.41) is 15.6. The van der Waals surface area contributed by atoms with E-state index in [-0.39, 0.29) is 30.7 Å². The van der Waals surface area contributed by atoms with Crippen LogP contribution in [0.25, 0.3) is 0 Å². The number of hydrogen-bond acceptors (Lipinski definition) is 4. The van der Waals surface area contributed by atoms with Crippen LogP contribution in [0.15, 0.2) is 30.3 Å². The van der Waals surface area contributed by atoms with Crippen LogP contribution in [-0.4, -0.2) is 52.5 Å². The third kappa shape index (κ3) is 5.53. The standard InChI is InChI=1S/C20H29N3O4/c1-13(24)22-17(20(2,3)4)19(27)23-12-15(25)10-16(23)18(26)21-11-14-8-6-5-7-9-14/h5-9,15-17,25H,10-12H2,1-4H3,(H,21,26)(H,22,24)/t15-,16+,17+/m1/s1. The zero-order valence-electron chi connectivity index (χ0n) is 16.4. The minimum Gasteiger partial charge on any atom is -0.391 e. The molecule has 1 aromatic rings. The lowest BCUT2D eigenvalue weighted by Crippen LogP contribution is -2.57. The summed E-state index contributed by atoms with van der Waals surface area (Å²) in [4.78, 5) is 38.7. The van der Waals surface area contributed by atoms with Crippen molar-refractivity contribution in [2.45, 2.75) is 58.8 Å². The van der Waals surface area contributed by atoms with Gasteiger partial charge in [0.15, 0.2) is 0 Å². The van der Waals surface area contributed by atoms with Crippen molar-refractivity contribution < 1.29 is 19.5 Å². The van der Waals surface area contributed by atoms with Gasteiger partial charge in [0, 0.05) is 26.4 Å². The molecule has 1 aromatic carbocycles. The van der Waals surface area contributed by atoms with Crippen molar-refractivity contribution in [2.24, 2.45) is 5.41 Å². The highest BCUT2D eigenvalue weighted by Gasteiger charge is 2.44. The summed E-state index contributed by atoms with van der Waals surface area (Å²) >= 11 is 0. The molecule has 27 heavy (non-hydrogen) atoms. The van der Waals surface area contributed by atoms with E-state index in [2.05, 4.69) is 10.6 Å². The number of aliphatic hydroxyl groups is 1. The lowest BCUT2D eigenvalue weighted by molar-refractivity contribution is -0.143. The lowest BCUT2D eigenvalue weighted by atomic mass is 9.85. The fourth-order valence-corrected chi connectivity index (χ4v) is 3.23. The molecule has 0 spiro atoms. The van der Waals surface area contributed by atoms with Crippen molar-refractivity contribution >= 4 is 17.7 Å². The fraction of sp³-hybridized carbons (Fsp3) is 0.550. The number of nitrogens with zero attached hydrogens (tertiary/aromatic N) is 1. The Morgan fingerprint density at radius 2 is 1.85 bits per heavy atom. The third-order valence-electron chi connectivity index (χ3n) is 4.63. The van der Waals surface area contributed by atoms with Crippen LogP contribution < -0.4 is 10.6 Å². The van der Waals surface area contributed by atoms with Gasteiger partial charge < -0.3 is 20.6 Å². The van der Waals surface area contributed by atoms with Crippen LogP contribution in [0.4, 0.5) is 0 Å². The Hall–Kier alpha value is -2.41. The van der Waals surface area contributed by atoms with E-state index in [0.717, 1.165) is 5.56 Å². The summed E-state index contributed by atoms with van der Waals surface area (Å²) in [7, 11) is 0.